The third kappa shape index (κ3) is 23.7. The molecule has 0 saturated carbocycles. The summed E-state index contributed by atoms with van der Waals surface area (Å²) in [6.07, 6.45) is 4.46. The maximum Gasteiger partial charge on any atom is 0.416 e. The summed E-state index contributed by atoms with van der Waals surface area (Å²) in [6, 6.07) is 4.47. The Hall–Kier alpha value is -4.28. The minimum atomic E-state index is -4.43. The van der Waals surface area contributed by atoms with Crippen LogP contribution in [-0.4, -0.2) is 23.7 Å². The van der Waals surface area contributed by atoms with Crippen LogP contribution in [0.4, 0.5) is 17.6 Å². The van der Waals surface area contributed by atoms with E-state index in [-0.39, 0.29) is 23.5 Å². The monoisotopic (exact) mass is 721 g/mol. The van der Waals surface area contributed by atoms with Gasteiger partial charge in [-0.3, -0.25) is 4.79 Å². The first-order valence-electron chi connectivity index (χ1n) is 16.7. The van der Waals surface area contributed by atoms with Gasteiger partial charge in [-0.05, 0) is 126 Å². The van der Waals surface area contributed by atoms with Crippen LogP contribution >= 0.6 is 0 Å². The van der Waals surface area contributed by atoms with Crippen molar-refractivity contribution >= 4 is 12.1 Å². The maximum atomic E-state index is 14.5. The highest BCUT2D eigenvalue weighted by Gasteiger charge is 2.31. The molecule has 0 aliphatic rings. The molecule has 0 amide bonds. The van der Waals surface area contributed by atoms with E-state index in [1.165, 1.54) is 19.9 Å². The Bertz CT molecular complexity index is 1380. The smallest absolute Gasteiger partial charge is 0.416 e. The van der Waals surface area contributed by atoms with E-state index >= 15 is 0 Å². The lowest BCUT2D eigenvalue weighted by molar-refractivity contribution is -0.137. The van der Waals surface area contributed by atoms with Crippen molar-refractivity contribution in [1.82, 2.24) is 0 Å². The molecule has 0 heterocycles. The van der Waals surface area contributed by atoms with Crippen LogP contribution in [0.5, 0.6) is 0 Å². The van der Waals surface area contributed by atoms with Crippen LogP contribution in [-0.2, 0) is 15.8 Å². The SMILES string of the molecule is C=C(N)/C(=C\C=C/C)C(C)=O.C=C(O)CC(N)c1cc(-c2c(C)cc(C(F)(F)F)cc2C)cc(C)c1F.C=CC.CC.CC(C)CCN.CC=O. The molecule has 2 aromatic carbocycles. The van der Waals surface area contributed by atoms with Crippen molar-refractivity contribution in [2.75, 3.05) is 6.54 Å². The zero-order valence-electron chi connectivity index (χ0n) is 32.6. The number of carbonyl (C=O) groups excluding carboxylic acids is 2. The van der Waals surface area contributed by atoms with Gasteiger partial charge in [-0.25, -0.2) is 4.39 Å². The number of aliphatic hydroxyl groups is 1. The van der Waals surface area contributed by atoms with Crippen LogP contribution in [0.25, 0.3) is 11.1 Å². The highest BCUT2D eigenvalue weighted by molar-refractivity contribution is 5.97. The van der Waals surface area contributed by atoms with Crippen LogP contribution < -0.4 is 17.2 Å². The van der Waals surface area contributed by atoms with Gasteiger partial charge in [-0.1, -0.05) is 59.1 Å². The molecule has 2 aromatic rings. The Labute approximate surface area is 304 Å². The third-order valence-corrected chi connectivity index (χ3v) is 6.21. The number of halogens is 4. The molecular weight excluding hydrogens is 658 g/mol. The number of aryl methyl sites for hydroxylation is 3. The minimum Gasteiger partial charge on any atom is -0.513 e. The van der Waals surface area contributed by atoms with Crippen LogP contribution in [0.15, 0.2) is 85.3 Å². The summed E-state index contributed by atoms with van der Waals surface area (Å²) >= 11 is 0. The van der Waals surface area contributed by atoms with Gasteiger partial charge >= 0.3 is 6.18 Å². The number of nitrogens with two attached hydrogens (primary N) is 3. The van der Waals surface area contributed by atoms with Crippen molar-refractivity contribution in [2.24, 2.45) is 23.1 Å². The first-order valence-corrected chi connectivity index (χ1v) is 16.7. The van der Waals surface area contributed by atoms with Crippen LogP contribution in [0.2, 0.25) is 0 Å². The molecule has 0 aliphatic carbocycles. The summed E-state index contributed by atoms with van der Waals surface area (Å²) in [7, 11) is 0. The standard InChI is InChI=1S/C20H21F4NO.C9H13NO.C5H13N.C3H6.C2H4O.C2H6/c1-10-6-15(20(22,23)24)7-11(2)18(10)14-5-12(3)19(21)16(9-14)17(25)8-13(4)26;1-4-5-6-9(7(2)10)8(3)11;1-5(2)3-4-6;1-3-2;1-2-3;1-2/h5-7,9,17,26H,4,8,25H2,1-3H3;4-6H,2,10H2,1,3H3;5H,3-4,6H2,1-2H3;3H,1H2,2H3;2H,1H3;1-2H3/b;5-4-,9-6+;;;;. The second-order valence-corrected chi connectivity index (χ2v) is 11.4. The van der Waals surface area contributed by atoms with Crippen LogP contribution in [0.1, 0.15) is 102 Å². The highest BCUT2D eigenvalue weighted by Crippen LogP contribution is 2.37. The lowest BCUT2D eigenvalue weighted by Crippen LogP contribution is -2.14. The summed E-state index contributed by atoms with van der Waals surface area (Å²) in [4.78, 5) is 19.7. The molecule has 0 saturated heterocycles. The van der Waals surface area contributed by atoms with E-state index in [1.807, 2.05) is 33.8 Å². The largest absolute Gasteiger partial charge is 0.513 e. The van der Waals surface area contributed by atoms with E-state index in [2.05, 4.69) is 33.6 Å². The number of ketones is 1. The number of hydrogen-bond donors (Lipinski definition) is 4. The topological polar surface area (TPSA) is 132 Å². The fraction of sp³-hybridized carbons (Fsp3) is 0.415. The van der Waals surface area contributed by atoms with Gasteiger partial charge in [0.25, 0.3) is 0 Å². The summed E-state index contributed by atoms with van der Waals surface area (Å²) in [5.74, 6) is 0.0529. The molecule has 1 atom stereocenters. The number of rotatable bonds is 9. The fourth-order valence-corrected chi connectivity index (χ4v) is 4.13. The van der Waals surface area contributed by atoms with Crippen molar-refractivity contribution in [1.29, 1.82) is 0 Å². The third-order valence-electron chi connectivity index (χ3n) is 6.21. The molecule has 0 fully saturated rings. The minimum absolute atomic E-state index is 0.00914. The number of aliphatic hydroxyl groups excluding tert-OH is 1. The predicted molar refractivity (Wildman–Crippen MR) is 209 cm³/mol. The molecular formula is C41H63F4N3O3. The van der Waals surface area contributed by atoms with E-state index < -0.39 is 23.6 Å². The molecule has 1 unspecified atom stereocenters. The van der Waals surface area contributed by atoms with Crippen LogP contribution in [0.3, 0.4) is 0 Å². The number of aldehydes is 1. The quantitative estimate of drug-likeness (QED) is 0.0509. The zero-order valence-corrected chi connectivity index (χ0v) is 32.6. The molecule has 0 aromatic heterocycles. The van der Waals surface area contributed by atoms with E-state index in [0.29, 0.717) is 39.1 Å². The summed E-state index contributed by atoms with van der Waals surface area (Å²) in [5.41, 5.74) is 19.2. The first kappa shape index (κ1) is 53.5. The number of Topliss-reactive ketones (excluding diaryl/α,β-unsaturated/α-hetero) is 1. The summed E-state index contributed by atoms with van der Waals surface area (Å²) < 4.78 is 53.5. The van der Waals surface area contributed by atoms with Gasteiger partial charge < -0.3 is 27.1 Å². The van der Waals surface area contributed by atoms with E-state index in [9.17, 15) is 27.5 Å². The van der Waals surface area contributed by atoms with Crippen molar-refractivity contribution in [3.8, 4) is 11.1 Å². The molecule has 288 valence electrons. The second-order valence-electron chi connectivity index (χ2n) is 11.4. The summed E-state index contributed by atoms with van der Waals surface area (Å²) in [6.45, 7) is 30.8. The molecule has 0 aliphatic heterocycles. The Morgan fingerprint density at radius 3 is 1.73 bits per heavy atom. The molecule has 0 spiro atoms. The van der Waals surface area contributed by atoms with Gasteiger partial charge in [0.15, 0.2) is 5.78 Å². The van der Waals surface area contributed by atoms with E-state index in [1.54, 1.807) is 45.1 Å². The van der Waals surface area contributed by atoms with E-state index in [0.717, 1.165) is 37.3 Å². The number of benzene rings is 2. The molecule has 6 nitrogen and oxygen atoms in total. The highest BCUT2D eigenvalue weighted by atomic mass is 19.4. The van der Waals surface area contributed by atoms with Crippen molar-refractivity contribution in [2.45, 2.75) is 101 Å². The van der Waals surface area contributed by atoms with Crippen molar-refractivity contribution in [3.05, 3.63) is 119 Å². The van der Waals surface area contributed by atoms with Gasteiger partial charge in [0.05, 0.1) is 11.3 Å². The molecule has 2 rings (SSSR count). The molecule has 51 heavy (non-hydrogen) atoms. The lowest BCUT2D eigenvalue weighted by Gasteiger charge is -2.19. The number of carbonyl (C=O) groups is 2. The normalized spacial score (nSPS) is 11.0. The van der Waals surface area contributed by atoms with Gasteiger partial charge in [0, 0.05) is 29.3 Å². The second kappa shape index (κ2) is 29.5. The molecule has 0 bridgehead atoms. The van der Waals surface area contributed by atoms with Crippen LogP contribution in [0, 0.1) is 32.5 Å². The molecule has 7 N–H and O–H groups in total. The Kier molecular flexibility index (Phi) is 30.9. The van der Waals surface area contributed by atoms with Gasteiger partial charge in [0.2, 0.25) is 0 Å². The number of hydrogen-bond acceptors (Lipinski definition) is 6. The van der Waals surface area contributed by atoms with Gasteiger partial charge in [-0.2, -0.15) is 13.2 Å². The maximum absolute atomic E-state index is 14.5. The average molecular weight is 722 g/mol. The first-order chi connectivity index (χ1) is 23.6. The average Bonchev–Trinajstić information content (AvgIpc) is 3.00. The van der Waals surface area contributed by atoms with Gasteiger partial charge in [0.1, 0.15) is 12.1 Å². The Morgan fingerprint density at radius 1 is 0.980 bits per heavy atom. The zero-order chi connectivity index (χ0) is 41.1. The molecule has 0 radical (unpaired) electrons. The fourth-order valence-electron chi connectivity index (χ4n) is 4.13. The Balaban J connectivity index is -0.000000363. The predicted octanol–water partition coefficient (Wildman–Crippen LogP) is 10.9. The van der Waals surface area contributed by atoms with Crippen molar-refractivity contribution in [3.63, 3.8) is 0 Å². The number of allylic oxidation sites excluding steroid dienone is 5. The van der Waals surface area contributed by atoms with Gasteiger partial charge in [-0.15, -0.1) is 6.58 Å². The Morgan fingerprint density at radius 2 is 1.43 bits per heavy atom. The van der Waals surface area contributed by atoms with Crippen molar-refractivity contribution < 1.29 is 32.3 Å². The molecule has 10 heteroatoms. The lowest BCUT2D eigenvalue weighted by atomic mass is 9.89. The number of alkyl halides is 3. The van der Waals surface area contributed by atoms with E-state index in [4.69, 9.17) is 22.0 Å². The summed E-state index contributed by atoms with van der Waals surface area (Å²) in [5, 5.41) is 9.32.